The molecule has 2 heterocycles. The van der Waals surface area contributed by atoms with Crippen molar-refractivity contribution in [2.45, 2.75) is 20.4 Å². The second kappa shape index (κ2) is 7.11. The first-order valence-electron chi connectivity index (χ1n) is 7.32. The predicted molar refractivity (Wildman–Crippen MR) is 97.0 cm³/mol. The van der Waals surface area contributed by atoms with Gasteiger partial charge in [0.05, 0.1) is 23.7 Å². The van der Waals surface area contributed by atoms with Crippen molar-refractivity contribution in [3.63, 3.8) is 0 Å². The fourth-order valence-electron chi connectivity index (χ4n) is 2.33. The van der Waals surface area contributed by atoms with Crippen molar-refractivity contribution in [3.05, 3.63) is 50.4 Å². The normalized spacial score (nSPS) is 11.2. The van der Waals surface area contributed by atoms with E-state index in [2.05, 4.69) is 10.6 Å². The molecule has 0 fully saturated rings. The molecule has 3 aromatic rings. The van der Waals surface area contributed by atoms with E-state index < -0.39 is 0 Å². The summed E-state index contributed by atoms with van der Waals surface area (Å²) in [6.07, 6.45) is 0. The number of carbonyl (C=O) groups is 1. The van der Waals surface area contributed by atoms with E-state index in [0.717, 1.165) is 21.5 Å². The van der Waals surface area contributed by atoms with Crippen LogP contribution in [0.1, 0.15) is 27.9 Å². The molecule has 1 N–H and O–H groups in total. The Hall–Kier alpha value is -1.60. The quantitative estimate of drug-likeness (QED) is 0.662. The van der Waals surface area contributed by atoms with Crippen LogP contribution in [0.5, 0.6) is 0 Å². The van der Waals surface area contributed by atoms with Crippen molar-refractivity contribution >= 4 is 50.7 Å². The van der Waals surface area contributed by atoms with Crippen molar-refractivity contribution in [1.29, 1.82) is 0 Å². The number of hydrogen-bond acceptors (Lipinski definition) is 4. The lowest BCUT2D eigenvalue weighted by atomic mass is 10.2. The minimum Gasteiger partial charge on any atom is -0.274 e. The Bertz CT molecular complexity index is 904. The van der Waals surface area contributed by atoms with Gasteiger partial charge in [-0.2, -0.15) is 5.10 Å². The van der Waals surface area contributed by atoms with Crippen molar-refractivity contribution in [1.82, 2.24) is 15.3 Å². The molecular formula is C16H15Cl2N3O2S. The lowest BCUT2D eigenvalue weighted by molar-refractivity contribution is 0.0368. The molecule has 126 valence electrons. The summed E-state index contributed by atoms with van der Waals surface area (Å²) in [5.74, 6) is -0.256. The summed E-state index contributed by atoms with van der Waals surface area (Å²) < 4.78 is 1.85. The number of aromatic nitrogens is 2. The van der Waals surface area contributed by atoms with Gasteiger partial charge in [-0.15, -0.1) is 11.3 Å². The fourth-order valence-corrected chi connectivity index (χ4v) is 3.85. The van der Waals surface area contributed by atoms with Crippen LogP contribution in [0.4, 0.5) is 0 Å². The highest BCUT2D eigenvalue weighted by Crippen LogP contribution is 2.30. The van der Waals surface area contributed by atoms with Crippen molar-refractivity contribution < 1.29 is 9.63 Å². The van der Waals surface area contributed by atoms with E-state index in [0.29, 0.717) is 28.1 Å². The number of carbonyl (C=O) groups excluding carboxylic acids is 1. The molecular weight excluding hydrogens is 369 g/mol. The Morgan fingerprint density at radius 2 is 2.17 bits per heavy atom. The fraction of sp³-hybridized carbons (Fsp3) is 0.250. The van der Waals surface area contributed by atoms with E-state index in [1.807, 2.05) is 30.7 Å². The number of nitrogens with zero attached hydrogens (tertiary/aromatic N) is 2. The third kappa shape index (κ3) is 3.42. The lowest BCUT2D eigenvalue weighted by Crippen LogP contribution is -2.22. The van der Waals surface area contributed by atoms with Crippen LogP contribution in [0, 0.1) is 6.92 Å². The summed E-state index contributed by atoms with van der Waals surface area (Å²) in [5, 5.41) is 6.68. The number of halogens is 2. The summed E-state index contributed by atoms with van der Waals surface area (Å²) in [4.78, 5) is 18.5. The first-order valence-corrected chi connectivity index (χ1v) is 8.90. The zero-order chi connectivity index (χ0) is 17.3. The minimum absolute atomic E-state index is 0.256. The third-order valence-corrected chi connectivity index (χ3v) is 5.21. The van der Waals surface area contributed by atoms with E-state index in [4.69, 9.17) is 28.0 Å². The highest BCUT2D eigenvalue weighted by atomic mass is 35.5. The minimum atomic E-state index is -0.256. The van der Waals surface area contributed by atoms with Crippen LogP contribution in [0.15, 0.2) is 24.3 Å². The van der Waals surface area contributed by atoms with Gasteiger partial charge >= 0.3 is 0 Å². The van der Waals surface area contributed by atoms with Crippen LogP contribution in [0.2, 0.25) is 10.0 Å². The van der Waals surface area contributed by atoms with E-state index in [-0.39, 0.29) is 5.91 Å². The molecule has 24 heavy (non-hydrogen) atoms. The second-order valence-corrected chi connectivity index (χ2v) is 7.05. The summed E-state index contributed by atoms with van der Waals surface area (Å²) in [7, 11) is 0. The summed E-state index contributed by atoms with van der Waals surface area (Å²) in [6, 6.07) is 7.22. The van der Waals surface area contributed by atoms with Crippen LogP contribution >= 0.6 is 34.5 Å². The van der Waals surface area contributed by atoms with E-state index in [9.17, 15) is 4.79 Å². The lowest BCUT2D eigenvalue weighted by Gasteiger charge is -2.06. The van der Waals surface area contributed by atoms with E-state index in [1.54, 1.807) is 12.1 Å². The third-order valence-electron chi connectivity index (χ3n) is 3.48. The molecule has 0 spiro atoms. The van der Waals surface area contributed by atoms with Crippen LogP contribution in [-0.2, 0) is 11.4 Å². The number of amides is 1. The number of rotatable bonds is 5. The zero-order valence-electron chi connectivity index (χ0n) is 13.1. The molecule has 0 saturated heterocycles. The summed E-state index contributed by atoms with van der Waals surface area (Å²) >= 11 is 13.6. The first kappa shape index (κ1) is 17.2. The van der Waals surface area contributed by atoms with Crippen molar-refractivity contribution in [2.24, 2.45) is 0 Å². The monoisotopic (exact) mass is 383 g/mol. The Morgan fingerprint density at radius 3 is 2.88 bits per heavy atom. The number of hydrogen-bond donors (Lipinski definition) is 1. The molecule has 0 atom stereocenters. The van der Waals surface area contributed by atoms with Gasteiger partial charge in [-0.1, -0.05) is 29.3 Å². The molecule has 0 aliphatic rings. The molecule has 5 nitrogen and oxygen atoms in total. The Balaban J connectivity index is 1.93. The molecule has 8 heteroatoms. The molecule has 0 saturated carbocycles. The topological polar surface area (TPSA) is 56.1 Å². The van der Waals surface area contributed by atoms with Crippen LogP contribution in [-0.4, -0.2) is 22.3 Å². The number of benzene rings is 1. The number of hydroxylamine groups is 1. The van der Waals surface area contributed by atoms with Gasteiger partial charge in [-0.3, -0.25) is 14.3 Å². The highest BCUT2D eigenvalue weighted by molar-refractivity contribution is 7.20. The summed E-state index contributed by atoms with van der Waals surface area (Å²) in [5.41, 5.74) is 4.19. The van der Waals surface area contributed by atoms with Gasteiger partial charge in [0, 0.05) is 15.4 Å². The number of thiophene rings is 1. The molecule has 1 aromatic carbocycles. The Morgan fingerprint density at radius 1 is 1.38 bits per heavy atom. The first-order chi connectivity index (χ1) is 11.5. The Labute approximate surface area is 153 Å². The summed E-state index contributed by atoms with van der Waals surface area (Å²) in [6.45, 7) is 4.65. The molecule has 3 rings (SSSR count). The number of aryl methyl sites for hydroxylation is 1. The van der Waals surface area contributed by atoms with Crippen molar-refractivity contribution in [2.75, 3.05) is 6.61 Å². The molecule has 0 radical (unpaired) electrons. The van der Waals surface area contributed by atoms with Crippen molar-refractivity contribution in [3.8, 4) is 0 Å². The Kier molecular flexibility index (Phi) is 5.10. The molecule has 0 unspecified atom stereocenters. The standard InChI is InChI=1S/C16H15Cl2N3O2S/c1-3-23-20-15(22)14-7-12-9(2)19-21(16(12)24-14)8-10-4-5-11(17)6-13(10)18/h4-7H,3,8H2,1-2H3,(H,20,22). The number of nitrogens with one attached hydrogen (secondary N) is 1. The maximum atomic E-state index is 12.1. The molecule has 0 bridgehead atoms. The zero-order valence-corrected chi connectivity index (χ0v) is 15.4. The molecule has 0 aliphatic carbocycles. The van der Waals surface area contributed by atoms with E-state index in [1.165, 1.54) is 11.3 Å². The molecule has 0 aliphatic heterocycles. The van der Waals surface area contributed by atoms with Gasteiger partial charge in [0.15, 0.2) is 0 Å². The maximum Gasteiger partial charge on any atom is 0.284 e. The van der Waals surface area contributed by atoms with Gasteiger partial charge in [-0.05, 0) is 37.6 Å². The molecule has 1 amide bonds. The van der Waals surface area contributed by atoms with Crippen LogP contribution in [0.25, 0.3) is 10.2 Å². The predicted octanol–water partition coefficient (Wildman–Crippen LogP) is 4.44. The van der Waals surface area contributed by atoms with Crippen LogP contribution in [0.3, 0.4) is 0 Å². The van der Waals surface area contributed by atoms with E-state index >= 15 is 0 Å². The van der Waals surface area contributed by atoms with Gasteiger partial charge in [-0.25, -0.2) is 5.48 Å². The van der Waals surface area contributed by atoms with Gasteiger partial charge in [0.1, 0.15) is 4.83 Å². The average molecular weight is 384 g/mol. The second-order valence-electron chi connectivity index (χ2n) is 5.17. The highest BCUT2D eigenvalue weighted by Gasteiger charge is 2.17. The van der Waals surface area contributed by atoms with Gasteiger partial charge in [0.2, 0.25) is 0 Å². The van der Waals surface area contributed by atoms with Gasteiger partial charge < -0.3 is 0 Å². The van der Waals surface area contributed by atoms with Crippen LogP contribution < -0.4 is 5.48 Å². The van der Waals surface area contributed by atoms with Gasteiger partial charge in [0.25, 0.3) is 5.91 Å². The maximum absolute atomic E-state index is 12.1. The smallest absolute Gasteiger partial charge is 0.274 e. The largest absolute Gasteiger partial charge is 0.284 e. The molecule has 2 aromatic heterocycles. The average Bonchev–Trinajstić information content (AvgIpc) is 3.09. The SMILES string of the molecule is CCONC(=O)c1cc2c(C)nn(Cc3ccc(Cl)cc3Cl)c2s1. The number of fused-ring (bicyclic) bond motifs is 1.